The molecule has 4 nitrogen and oxygen atoms in total. The Hall–Kier alpha value is -1.07. The average molecular weight is 282 g/mol. The van der Waals surface area contributed by atoms with Crippen molar-refractivity contribution in [2.45, 2.75) is 37.9 Å². The summed E-state index contributed by atoms with van der Waals surface area (Å²) in [6, 6.07) is 7.10. The molecule has 1 aromatic rings. The fourth-order valence-corrected chi connectivity index (χ4v) is 3.82. The van der Waals surface area contributed by atoms with Gasteiger partial charge >= 0.3 is 0 Å². The Morgan fingerprint density at radius 3 is 2.53 bits per heavy atom. The normalized spacial score (nSPS) is 17.5. The van der Waals surface area contributed by atoms with Crippen LogP contribution in [0.3, 0.4) is 0 Å². The highest BCUT2D eigenvalue weighted by atomic mass is 32.2. The largest absolute Gasteiger partial charge is 0.398 e. The maximum atomic E-state index is 12.0. The number of rotatable bonds is 5. The topological polar surface area (TPSA) is 72.2 Å². The van der Waals surface area contributed by atoms with Crippen molar-refractivity contribution in [3.8, 4) is 0 Å². The summed E-state index contributed by atoms with van der Waals surface area (Å²) in [5, 5.41) is 0. The second kappa shape index (κ2) is 6.39. The van der Waals surface area contributed by atoms with Gasteiger partial charge in [-0.15, -0.1) is 0 Å². The second-order valence-corrected chi connectivity index (χ2v) is 7.12. The number of hydrogen-bond acceptors (Lipinski definition) is 3. The molecule has 1 aliphatic rings. The molecule has 0 atom stereocenters. The van der Waals surface area contributed by atoms with Crippen molar-refractivity contribution in [3.05, 3.63) is 29.8 Å². The standard InChI is InChI=1S/C14H22N2O2S/c15-14-9-5-4-8-13(14)11-19(17,18)16-10-12-6-2-1-3-7-12/h4-5,8-9,12,16H,1-3,6-7,10-11,15H2. The van der Waals surface area contributed by atoms with Crippen LogP contribution >= 0.6 is 0 Å². The maximum Gasteiger partial charge on any atom is 0.215 e. The van der Waals surface area contributed by atoms with E-state index in [-0.39, 0.29) is 5.75 Å². The van der Waals surface area contributed by atoms with E-state index in [1.807, 2.05) is 6.07 Å². The van der Waals surface area contributed by atoms with E-state index in [9.17, 15) is 8.42 Å². The van der Waals surface area contributed by atoms with Gasteiger partial charge in [-0.2, -0.15) is 0 Å². The number of para-hydroxylation sites is 1. The van der Waals surface area contributed by atoms with Crippen molar-refractivity contribution in [2.75, 3.05) is 12.3 Å². The van der Waals surface area contributed by atoms with Crippen molar-refractivity contribution in [3.63, 3.8) is 0 Å². The molecule has 106 valence electrons. The first kappa shape index (κ1) is 14.3. The molecule has 0 heterocycles. The van der Waals surface area contributed by atoms with Gasteiger partial charge in [-0.3, -0.25) is 0 Å². The highest BCUT2D eigenvalue weighted by molar-refractivity contribution is 7.88. The molecule has 2 rings (SSSR count). The molecule has 0 radical (unpaired) electrons. The number of nitrogens with one attached hydrogen (secondary N) is 1. The van der Waals surface area contributed by atoms with Crippen molar-refractivity contribution in [1.29, 1.82) is 0 Å². The number of anilines is 1. The minimum Gasteiger partial charge on any atom is -0.398 e. The summed E-state index contributed by atoms with van der Waals surface area (Å²) in [5.74, 6) is 0.462. The summed E-state index contributed by atoms with van der Waals surface area (Å²) in [6.07, 6.45) is 5.99. The molecule has 3 N–H and O–H groups in total. The fourth-order valence-electron chi connectivity index (χ4n) is 2.56. The lowest BCUT2D eigenvalue weighted by Gasteiger charge is -2.21. The summed E-state index contributed by atoms with van der Waals surface area (Å²) < 4.78 is 26.8. The third-order valence-electron chi connectivity index (χ3n) is 3.72. The van der Waals surface area contributed by atoms with Crippen molar-refractivity contribution in [1.82, 2.24) is 4.72 Å². The van der Waals surface area contributed by atoms with Gasteiger partial charge in [-0.25, -0.2) is 13.1 Å². The third kappa shape index (κ3) is 4.51. The van der Waals surface area contributed by atoms with Crippen LogP contribution in [0, 0.1) is 5.92 Å². The van der Waals surface area contributed by atoms with E-state index in [4.69, 9.17) is 5.73 Å². The maximum absolute atomic E-state index is 12.0. The highest BCUT2D eigenvalue weighted by Gasteiger charge is 2.18. The van der Waals surface area contributed by atoms with Gasteiger partial charge in [0, 0.05) is 12.2 Å². The molecule has 19 heavy (non-hydrogen) atoms. The molecule has 0 aliphatic heterocycles. The minimum absolute atomic E-state index is 0.0353. The fraction of sp³-hybridized carbons (Fsp3) is 0.571. The molecule has 0 spiro atoms. The highest BCUT2D eigenvalue weighted by Crippen LogP contribution is 2.23. The number of nitrogen functional groups attached to an aromatic ring is 1. The quantitative estimate of drug-likeness (QED) is 0.814. The molecule has 1 aromatic carbocycles. The molecule has 0 unspecified atom stereocenters. The van der Waals surface area contributed by atoms with Gasteiger partial charge in [0.15, 0.2) is 0 Å². The van der Waals surface area contributed by atoms with Crippen LogP contribution in [0.2, 0.25) is 0 Å². The Bertz CT molecular complexity index is 508. The average Bonchev–Trinajstić information content (AvgIpc) is 2.40. The van der Waals surface area contributed by atoms with Gasteiger partial charge in [-0.1, -0.05) is 37.5 Å². The van der Waals surface area contributed by atoms with E-state index in [0.29, 0.717) is 23.7 Å². The second-order valence-electron chi connectivity index (χ2n) is 5.31. The van der Waals surface area contributed by atoms with Crippen molar-refractivity contribution < 1.29 is 8.42 Å². The Labute approximate surface area is 115 Å². The van der Waals surface area contributed by atoms with Gasteiger partial charge in [0.25, 0.3) is 0 Å². The third-order valence-corrected chi connectivity index (χ3v) is 5.01. The van der Waals surface area contributed by atoms with Gasteiger partial charge in [0.1, 0.15) is 0 Å². The number of nitrogens with two attached hydrogens (primary N) is 1. The zero-order valence-electron chi connectivity index (χ0n) is 11.1. The number of benzene rings is 1. The predicted octanol–water partition coefficient (Wildman–Crippen LogP) is 2.27. The first-order chi connectivity index (χ1) is 9.07. The summed E-state index contributed by atoms with van der Waals surface area (Å²) in [6.45, 7) is 0.565. The van der Waals surface area contributed by atoms with Crippen LogP contribution < -0.4 is 10.5 Å². The Morgan fingerprint density at radius 1 is 1.16 bits per heavy atom. The molecule has 0 amide bonds. The van der Waals surface area contributed by atoms with Crippen molar-refractivity contribution >= 4 is 15.7 Å². The number of sulfonamides is 1. The van der Waals surface area contributed by atoms with Gasteiger partial charge in [0.2, 0.25) is 10.0 Å². The summed E-state index contributed by atoms with van der Waals surface area (Å²) >= 11 is 0. The van der Waals surface area contributed by atoms with Crippen LogP contribution in [-0.2, 0) is 15.8 Å². The Morgan fingerprint density at radius 2 is 1.84 bits per heavy atom. The molecular formula is C14H22N2O2S. The Balaban J connectivity index is 1.90. The summed E-state index contributed by atoms with van der Waals surface area (Å²) in [5.41, 5.74) is 6.97. The Kier molecular flexibility index (Phi) is 4.82. The van der Waals surface area contributed by atoms with Crippen molar-refractivity contribution in [2.24, 2.45) is 5.92 Å². The monoisotopic (exact) mass is 282 g/mol. The van der Waals surface area contributed by atoms with Crippen LogP contribution in [0.25, 0.3) is 0 Å². The van der Waals surface area contributed by atoms with Crippen LogP contribution in [0.1, 0.15) is 37.7 Å². The first-order valence-corrected chi connectivity index (χ1v) is 8.53. The molecule has 1 saturated carbocycles. The minimum atomic E-state index is -3.29. The van der Waals surface area contributed by atoms with E-state index >= 15 is 0 Å². The molecular weight excluding hydrogens is 260 g/mol. The summed E-state index contributed by atoms with van der Waals surface area (Å²) in [7, 11) is -3.29. The predicted molar refractivity (Wildman–Crippen MR) is 78.1 cm³/mol. The number of hydrogen-bond donors (Lipinski definition) is 2. The van der Waals surface area contributed by atoms with Gasteiger partial charge < -0.3 is 5.73 Å². The lowest BCUT2D eigenvalue weighted by atomic mass is 9.90. The van der Waals surface area contributed by atoms with E-state index in [1.54, 1.807) is 18.2 Å². The summed E-state index contributed by atoms with van der Waals surface area (Å²) in [4.78, 5) is 0. The van der Waals surface area contributed by atoms with E-state index in [2.05, 4.69) is 4.72 Å². The van der Waals surface area contributed by atoms with Crippen LogP contribution in [0.4, 0.5) is 5.69 Å². The molecule has 5 heteroatoms. The molecule has 0 bridgehead atoms. The van der Waals surface area contributed by atoms with E-state index in [1.165, 1.54) is 19.3 Å². The van der Waals surface area contributed by atoms with Crippen LogP contribution in [-0.4, -0.2) is 15.0 Å². The zero-order valence-corrected chi connectivity index (χ0v) is 12.0. The smallest absolute Gasteiger partial charge is 0.215 e. The van der Waals surface area contributed by atoms with Crippen LogP contribution in [0.15, 0.2) is 24.3 Å². The van der Waals surface area contributed by atoms with Crippen LogP contribution in [0.5, 0.6) is 0 Å². The van der Waals surface area contributed by atoms with E-state index in [0.717, 1.165) is 12.8 Å². The molecule has 0 aromatic heterocycles. The lowest BCUT2D eigenvalue weighted by Crippen LogP contribution is -2.31. The van der Waals surface area contributed by atoms with Gasteiger partial charge in [-0.05, 0) is 30.4 Å². The molecule has 0 saturated heterocycles. The SMILES string of the molecule is Nc1ccccc1CS(=O)(=O)NCC1CCCCC1. The molecule has 1 aliphatic carbocycles. The van der Waals surface area contributed by atoms with Gasteiger partial charge in [0.05, 0.1) is 5.75 Å². The zero-order chi connectivity index (χ0) is 13.7. The van der Waals surface area contributed by atoms with E-state index < -0.39 is 10.0 Å². The molecule has 1 fully saturated rings. The lowest BCUT2D eigenvalue weighted by molar-refractivity contribution is 0.357. The first-order valence-electron chi connectivity index (χ1n) is 6.87.